The Labute approximate surface area is 121 Å². The van der Waals surface area contributed by atoms with Gasteiger partial charge in [0, 0.05) is 19.8 Å². The number of carbonyl (C=O) groups is 1. The van der Waals surface area contributed by atoms with Gasteiger partial charge in [-0.1, -0.05) is 29.5 Å². The second kappa shape index (κ2) is 7.06. The number of hydrogen-bond acceptors (Lipinski definition) is 7. The van der Waals surface area contributed by atoms with Crippen LogP contribution in [0.15, 0.2) is 4.34 Å². The van der Waals surface area contributed by atoms with Crippen LogP contribution in [0.4, 0.5) is 5.13 Å². The molecule has 1 aromatic heterocycles. The average molecular weight is 303 g/mol. The van der Waals surface area contributed by atoms with Gasteiger partial charge in [0.25, 0.3) is 0 Å². The van der Waals surface area contributed by atoms with Crippen molar-refractivity contribution in [2.24, 2.45) is 11.5 Å². The van der Waals surface area contributed by atoms with E-state index in [1.54, 1.807) is 30.0 Å². The Bertz CT molecular complexity index is 419. The van der Waals surface area contributed by atoms with Crippen molar-refractivity contribution in [1.29, 1.82) is 0 Å². The molecule has 0 aliphatic heterocycles. The Balaban J connectivity index is 2.22. The predicted octanol–water partition coefficient (Wildman–Crippen LogP) is 1.07. The van der Waals surface area contributed by atoms with E-state index in [-0.39, 0.29) is 0 Å². The van der Waals surface area contributed by atoms with E-state index in [1.165, 1.54) is 0 Å². The minimum absolute atomic E-state index is 0.445. The van der Waals surface area contributed by atoms with E-state index in [0.717, 1.165) is 28.1 Å². The largest absolute Gasteiger partial charge is 0.368 e. The maximum Gasteiger partial charge on any atom is 0.237 e. The van der Waals surface area contributed by atoms with Gasteiger partial charge >= 0.3 is 0 Å². The number of carbonyl (C=O) groups excluding carboxylic acids is 1. The van der Waals surface area contributed by atoms with Crippen LogP contribution in [-0.2, 0) is 4.79 Å². The number of unbranched alkanes of at least 4 members (excludes halogenated alkanes) is 1. The summed E-state index contributed by atoms with van der Waals surface area (Å²) in [6.07, 6.45) is 2.46. The summed E-state index contributed by atoms with van der Waals surface area (Å²) in [6.45, 7) is 1.68. The van der Waals surface area contributed by atoms with Gasteiger partial charge in [0.15, 0.2) is 4.34 Å². The average Bonchev–Trinajstić information content (AvgIpc) is 2.77. The zero-order valence-corrected chi connectivity index (χ0v) is 13.2. The van der Waals surface area contributed by atoms with Crippen molar-refractivity contribution >= 4 is 34.1 Å². The number of amides is 1. The maximum absolute atomic E-state index is 11.0. The smallest absolute Gasteiger partial charge is 0.237 e. The second-order valence-electron chi connectivity index (χ2n) is 4.83. The number of hydrogen-bond donors (Lipinski definition) is 2. The lowest BCUT2D eigenvalue weighted by molar-refractivity contribution is -0.122. The van der Waals surface area contributed by atoms with Crippen molar-refractivity contribution < 1.29 is 4.79 Å². The molecular weight excluding hydrogens is 282 g/mol. The molecule has 1 rings (SSSR count). The molecule has 0 aromatic carbocycles. The number of anilines is 1. The van der Waals surface area contributed by atoms with Gasteiger partial charge in [-0.25, -0.2) is 0 Å². The van der Waals surface area contributed by atoms with Crippen molar-refractivity contribution in [3.05, 3.63) is 0 Å². The lowest BCUT2D eigenvalue weighted by Crippen LogP contribution is -2.49. The van der Waals surface area contributed by atoms with E-state index in [2.05, 4.69) is 10.2 Å². The minimum atomic E-state index is -0.897. The van der Waals surface area contributed by atoms with Crippen molar-refractivity contribution in [1.82, 2.24) is 10.2 Å². The summed E-state index contributed by atoms with van der Waals surface area (Å²) < 4.78 is 0.967. The maximum atomic E-state index is 11.0. The monoisotopic (exact) mass is 303 g/mol. The molecule has 6 nitrogen and oxygen atoms in total. The third-order valence-corrected chi connectivity index (χ3v) is 4.97. The van der Waals surface area contributed by atoms with Crippen LogP contribution in [0.1, 0.15) is 26.2 Å². The molecule has 0 bridgehead atoms. The van der Waals surface area contributed by atoms with Crippen LogP contribution in [0.2, 0.25) is 0 Å². The van der Waals surface area contributed by atoms with E-state index >= 15 is 0 Å². The molecule has 1 unspecified atom stereocenters. The fourth-order valence-corrected chi connectivity index (χ4v) is 3.15. The Morgan fingerprint density at radius 1 is 1.42 bits per heavy atom. The molecular formula is C11H21N5OS2. The molecule has 0 saturated heterocycles. The highest BCUT2D eigenvalue weighted by molar-refractivity contribution is 8.01. The zero-order chi connectivity index (χ0) is 14.5. The van der Waals surface area contributed by atoms with E-state index in [4.69, 9.17) is 11.5 Å². The van der Waals surface area contributed by atoms with Gasteiger partial charge in [-0.15, -0.1) is 10.2 Å². The molecule has 1 amide bonds. The lowest BCUT2D eigenvalue weighted by Gasteiger charge is -2.19. The normalized spacial score (nSPS) is 14.1. The topological polar surface area (TPSA) is 98.1 Å². The quantitative estimate of drug-likeness (QED) is 0.550. The molecule has 0 fully saturated rings. The van der Waals surface area contributed by atoms with Gasteiger partial charge in [-0.3, -0.25) is 4.79 Å². The highest BCUT2D eigenvalue weighted by Gasteiger charge is 2.24. The molecule has 0 spiro atoms. The molecule has 8 heteroatoms. The van der Waals surface area contributed by atoms with Gasteiger partial charge in [0.2, 0.25) is 11.0 Å². The Hall–Kier alpha value is -0.860. The third-order valence-electron chi connectivity index (χ3n) is 2.66. The van der Waals surface area contributed by atoms with Gasteiger partial charge in [0.05, 0.1) is 5.54 Å². The van der Waals surface area contributed by atoms with E-state index in [9.17, 15) is 4.79 Å². The molecule has 1 atom stereocenters. The summed E-state index contributed by atoms with van der Waals surface area (Å²) in [7, 11) is 3.89. The summed E-state index contributed by atoms with van der Waals surface area (Å²) in [6, 6.07) is 0. The summed E-state index contributed by atoms with van der Waals surface area (Å²) in [5, 5.41) is 9.08. The van der Waals surface area contributed by atoms with Crippen LogP contribution in [-0.4, -0.2) is 41.5 Å². The van der Waals surface area contributed by atoms with Crippen LogP contribution in [0.5, 0.6) is 0 Å². The Morgan fingerprint density at radius 2 is 2.11 bits per heavy atom. The molecule has 1 aromatic rings. The summed E-state index contributed by atoms with van der Waals surface area (Å²) >= 11 is 3.26. The first kappa shape index (κ1) is 16.2. The molecule has 108 valence electrons. The summed E-state index contributed by atoms with van der Waals surface area (Å²) in [4.78, 5) is 13.0. The standard InChI is InChI=1S/C11H21N5OS2/c1-11(13,8(12)17)6-4-5-7-18-10-15-14-9(19-10)16(2)3/h4-7,13H2,1-3H3,(H2,12,17). The van der Waals surface area contributed by atoms with Crippen molar-refractivity contribution in [3.8, 4) is 0 Å². The van der Waals surface area contributed by atoms with E-state index < -0.39 is 11.4 Å². The van der Waals surface area contributed by atoms with Gasteiger partial charge in [0.1, 0.15) is 0 Å². The SMILES string of the molecule is CN(C)c1nnc(SCCCCC(C)(N)C(N)=O)s1. The Morgan fingerprint density at radius 3 is 2.63 bits per heavy atom. The first-order chi connectivity index (χ1) is 8.83. The predicted molar refractivity (Wildman–Crippen MR) is 80.6 cm³/mol. The number of aromatic nitrogens is 2. The van der Waals surface area contributed by atoms with Crippen LogP contribution in [0, 0.1) is 0 Å². The van der Waals surface area contributed by atoms with Crippen LogP contribution < -0.4 is 16.4 Å². The minimum Gasteiger partial charge on any atom is -0.368 e. The highest BCUT2D eigenvalue weighted by atomic mass is 32.2. The van der Waals surface area contributed by atoms with Crippen LogP contribution in [0.25, 0.3) is 0 Å². The molecule has 19 heavy (non-hydrogen) atoms. The zero-order valence-electron chi connectivity index (χ0n) is 11.5. The van der Waals surface area contributed by atoms with Crippen molar-refractivity contribution in [3.63, 3.8) is 0 Å². The fourth-order valence-electron chi connectivity index (χ4n) is 1.32. The molecule has 0 saturated carbocycles. The van der Waals surface area contributed by atoms with Gasteiger partial charge in [-0.05, 0) is 19.8 Å². The summed E-state index contributed by atoms with van der Waals surface area (Å²) in [5.41, 5.74) is 10.1. The van der Waals surface area contributed by atoms with Gasteiger partial charge in [-0.2, -0.15) is 0 Å². The van der Waals surface area contributed by atoms with Crippen molar-refractivity contribution in [2.75, 3.05) is 24.7 Å². The first-order valence-electron chi connectivity index (χ1n) is 6.05. The molecule has 4 N–H and O–H groups in total. The first-order valence-corrected chi connectivity index (χ1v) is 7.85. The number of rotatable bonds is 8. The lowest BCUT2D eigenvalue weighted by atomic mass is 9.96. The molecule has 0 aliphatic rings. The summed E-state index contributed by atoms with van der Waals surface area (Å²) in [5.74, 6) is 0.497. The highest BCUT2D eigenvalue weighted by Crippen LogP contribution is 2.27. The van der Waals surface area contributed by atoms with E-state index in [1.807, 2.05) is 19.0 Å². The van der Waals surface area contributed by atoms with Gasteiger partial charge < -0.3 is 16.4 Å². The number of primary amides is 1. The number of nitrogens with two attached hydrogens (primary N) is 2. The fraction of sp³-hybridized carbons (Fsp3) is 0.727. The van der Waals surface area contributed by atoms with Crippen molar-refractivity contribution in [2.45, 2.75) is 36.1 Å². The van der Waals surface area contributed by atoms with Crippen LogP contribution in [0.3, 0.4) is 0 Å². The van der Waals surface area contributed by atoms with E-state index in [0.29, 0.717) is 6.42 Å². The number of nitrogens with zero attached hydrogens (tertiary/aromatic N) is 3. The molecule has 0 radical (unpaired) electrons. The number of thioether (sulfide) groups is 1. The molecule has 0 aliphatic carbocycles. The second-order valence-corrected chi connectivity index (χ2v) is 7.13. The molecule has 1 heterocycles. The third kappa shape index (κ3) is 5.33. The Kier molecular flexibility index (Phi) is 6.02. The van der Waals surface area contributed by atoms with Crippen LogP contribution >= 0.6 is 23.1 Å².